The van der Waals surface area contributed by atoms with E-state index in [1.54, 1.807) is 31.2 Å². The van der Waals surface area contributed by atoms with E-state index < -0.39 is 11.6 Å². The summed E-state index contributed by atoms with van der Waals surface area (Å²) in [6.45, 7) is 7.51. The van der Waals surface area contributed by atoms with Gasteiger partial charge in [0.2, 0.25) is 6.08 Å². The Morgan fingerprint density at radius 1 is 1.15 bits per heavy atom. The minimum atomic E-state index is -0.610. The number of aliphatic imine (C=N–C) groups is 1. The van der Waals surface area contributed by atoms with Gasteiger partial charge in [-0.15, -0.1) is 0 Å². The van der Waals surface area contributed by atoms with Crippen LogP contribution in [0, 0.1) is 0 Å². The van der Waals surface area contributed by atoms with Crippen LogP contribution in [0.1, 0.15) is 55.2 Å². The molecule has 0 heterocycles. The molecule has 0 saturated carbocycles. The van der Waals surface area contributed by atoms with E-state index in [4.69, 9.17) is 9.47 Å². The van der Waals surface area contributed by atoms with Crippen molar-refractivity contribution < 1.29 is 19.1 Å². The van der Waals surface area contributed by atoms with Crippen LogP contribution in [0.25, 0.3) is 0 Å². The average Bonchev–Trinajstić information content (AvgIpc) is 2.59. The van der Waals surface area contributed by atoms with Crippen molar-refractivity contribution in [3.63, 3.8) is 0 Å². The molecule has 0 bridgehead atoms. The molecule has 1 unspecified atom stereocenters. The molecule has 5 nitrogen and oxygen atoms in total. The fourth-order valence-corrected chi connectivity index (χ4v) is 2.31. The molecular weight excluding hydrogens is 330 g/mol. The first-order valence-corrected chi connectivity index (χ1v) is 8.41. The zero-order valence-electron chi connectivity index (χ0n) is 15.5. The standard InChI is InChI=1S/C21H23NO4/c1-15(22-14-23)17-10-11-18(20(24)26-21(2,3)4)19(12-17)25-13-16-8-6-5-7-9-16/h5-12,15H,13H2,1-4H3. The molecule has 0 aliphatic rings. The molecule has 0 amide bonds. The molecule has 0 saturated heterocycles. The number of carbonyl (C=O) groups is 1. The van der Waals surface area contributed by atoms with E-state index in [2.05, 4.69) is 4.99 Å². The lowest BCUT2D eigenvalue weighted by Crippen LogP contribution is -2.24. The highest BCUT2D eigenvalue weighted by atomic mass is 16.6. The SMILES string of the molecule is CC(N=C=O)c1ccc(C(=O)OC(C)(C)C)c(OCc2ccccc2)c1. The van der Waals surface area contributed by atoms with Gasteiger partial charge in [-0.3, -0.25) is 0 Å². The van der Waals surface area contributed by atoms with Gasteiger partial charge in [0.1, 0.15) is 23.5 Å². The van der Waals surface area contributed by atoms with Gasteiger partial charge in [-0.05, 0) is 51.0 Å². The van der Waals surface area contributed by atoms with Crippen molar-refractivity contribution in [1.29, 1.82) is 0 Å². The van der Waals surface area contributed by atoms with Gasteiger partial charge in [-0.1, -0.05) is 36.4 Å². The number of ether oxygens (including phenoxy) is 2. The molecule has 5 heteroatoms. The largest absolute Gasteiger partial charge is 0.488 e. The van der Waals surface area contributed by atoms with Crippen LogP contribution in [-0.4, -0.2) is 17.7 Å². The Hall–Kier alpha value is -2.91. The second-order valence-electron chi connectivity index (χ2n) is 6.93. The number of nitrogens with zero attached hydrogens (tertiary/aromatic N) is 1. The predicted octanol–water partition coefficient (Wildman–Crippen LogP) is 4.62. The number of benzene rings is 2. The van der Waals surface area contributed by atoms with Gasteiger partial charge in [-0.2, -0.15) is 4.99 Å². The van der Waals surface area contributed by atoms with Gasteiger partial charge in [-0.25, -0.2) is 9.59 Å². The highest BCUT2D eigenvalue weighted by Crippen LogP contribution is 2.28. The van der Waals surface area contributed by atoms with Crippen LogP contribution in [0.5, 0.6) is 5.75 Å². The quantitative estimate of drug-likeness (QED) is 0.432. The zero-order valence-corrected chi connectivity index (χ0v) is 15.5. The van der Waals surface area contributed by atoms with Gasteiger partial charge in [0.15, 0.2) is 0 Å². The third-order valence-electron chi connectivity index (χ3n) is 3.59. The minimum Gasteiger partial charge on any atom is -0.488 e. The van der Waals surface area contributed by atoms with E-state index in [9.17, 15) is 9.59 Å². The number of rotatable bonds is 6. The third-order valence-corrected chi connectivity index (χ3v) is 3.59. The lowest BCUT2D eigenvalue weighted by Gasteiger charge is -2.21. The van der Waals surface area contributed by atoms with Gasteiger partial charge in [0.05, 0.1) is 6.04 Å². The molecule has 0 N–H and O–H groups in total. The summed E-state index contributed by atoms with van der Waals surface area (Å²) in [6.07, 6.45) is 1.55. The maximum Gasteiger partial charge on any atom is 0.342 e. The Kier molecular flexibility index (Phi) is 6.31. The summed E-state index contributed by atoms with van der Waals surface area (Å²) in [5.41, 5.74) is 1.46. The van der Waals surface area contributed by atoms with Crippen molar-refractivity contribution in [1.82, 2.24) is 0 Å². The molecule has 136 valence electrons. The van der Waals surface area contributed by atoms with Crippen molar-refractivity contribution in [2.24, 2.45) is 4.99 Å². The molecule has 2 rings (SSSR count). The molecule has 0 aliphatic carbocycles. The Labute approximate surface area is 153 Å². The van der Waals surface area contributed by atoms with Crippen LogP contribution in [0.2, 0.25) is 0 Å². The van der Waals surface area contributed by atoms with E-state index in [1.807, 2.05) is 51.1 Å². The summed E-state index contributed by atoms with van der Waals surface area (Å²) in [5, 5.41) is 0. The number of isocyanates is 1. The monoisotopic (exact) mass is 353 g/mol. The van der Waals surface area contributed by atoms with E-state index in [-0.39, 0.29) is 6.04 Å². The summed E-state index contributed by atoms with van der Waals surface area (Å²) in [5.74, 6) is -0.0628. The number of hydrogen-bond donors (Lipinski definition) is 0. The molecular formula is C21H23NO4. The lowest BCUT2D eigenvalue weighted by atomic mass is 10.0. The molecule has 0 radical (unpaired) electrons. The minimum absolute atomic E-state index is 0.311. The number of hydrogen-bond acceptors (Lipinski definition) is 5. The highest BCUT2D eigenvalue weighted by Gasteiger charge is 2.22. The van der Waals surface area contributed by atoms with Crippen LogP contribution >= 0.6 is 0 Å². The number of esters is 1. The Morgan fingerprint density at radius 2 is 1.85 bits per heavy atom. The molecule has 2 aromatic rings. The van der Waals surface area contributed by atoms with Crippen molar-refractivity contribution in [2.45, 2.75) is 45.9 Å². The van der Waals surface area contributed by atoms with E-state index in [0.29, 0.717) is 17.9 Å². The first-order chi connectivity index (χ1) is 12.3. The molecule has 0 fully saturated rings. The average molecular weight is 353 g/mol. The molecule has 1 atom stereocenters. The second-order valence-corrected chi connectivity index (χ2v) is 6.93. The summed E-state index contributed by atoms with van der Waals surface area (Å²) in [6, 6.07) is 14.4. The van der Waals surface area contributed by atoms with Crippen LogP contribution in [0.3, 0.4) is 0 Å². The Balaban J connectivity index is 2.33. The maximum absolute atomic E-state index is 12.5. The predicted molar refractivity (Wildman–Crippen MR) is 98.9 cm³/mol. The van der Waals surface area contributed by atoms with Crippen LogP contribution in [-0.2, 0) is 16.1 Å². The van der Waals surface area contributed by atoms with Crippen LogP contribution in [0.15, 0.2) is 53.5 Å². The molecule has 0 aromatic heterocycles. The van der Waals surface area contributed by atoms with Crippen molar-refractivity contribution in [3.8, 4) is 5.75 Å². The molecule has 26 heavy (non-hydrogen) atoms. The fourth-order valence-electron chi connectivity index (χ4n) is 2.31. The third kappa shape index (κ3) is 5.57. The lowest BCUT2D eigenvalue weighted by molar-refractivity contribution is 0.00654. The molecule has 0 spiro atoms. The van der Waals surface area contributed by atoms with Gasteiger partial charge in [0.25, 0.3) is 0 Å². The van der Waals surface area contributed by atoms with E-state index in [0.717, 1.165) is 11.1 Å². The van der Waals surface area contributed by atoms with Crippen molar-refractivity contribution in [2.75, 3.05) is 0 Å². The summed E-state index contributed by atoms with van der Waals surface area (Å²) < 4.78 is 11.3. The normalized spacial score (nSPS) is 12.0. The summed E-state index contributed by atoms with van der Waals surface area (Å²) in [7, 11) is 0. The second kappa shape index (κ2) is 8.45. The maximum atomic E-state index is 12.5. The Morgan fingerprint density at radius 3 is 2.46 bits per heavy atom. The van der Waals surface area contributed by atoms with Crippen molar-refractivity contribution in [3.05, 3.63) is 65.2 Å². The van der Waals surface area contributed by atoms with Gasteiger partial charge >= 0.3 is 5.97 Å². The van der Waals surface area contributed by atoms with Crippen molar-refractivity contribution >= 4 is 12.0 Å². The first-order valence-electron chi connectivity index (χ1n) is 8.41. The Bertz CT molecular complexity index is 803. The smallest absolute Gasteiger partial charge is 0.342 e. The molecule has 0 aliphatic heterocycles. The van der Waals surface area contributed by atoms with Crippen LogP contribution < -0.4 is 4.74 Å². The molecule has 2 aromatic carbocycles. The van der Waals surface area contributed by atoms with E-state index >= 15 is 0 Å². The zero-order chi connectivity index (χ0) is 19.2. The summed E-state index contributed by atoms with van der Waals surface area (Å²) in [4.78, 5) is 26.7. The van der Waals surface area contributed by atoms with E-state index in [1.165, 1.54) is 0 Å². The first kappa shape index (κ1) is 19.4. The highest BCUT2D eigenvalue weighted by molar-refractivity contribution is 5.93. The van der Waals surface area contributed by atoms with Crippen LogP contribution in [0.4, 0.5) is 0 Å². The van der Waals surface area contributed by atoms with Gasteiger partial charge in [0, 0.05) is 0 Å². The summed E-state index contributed by atoms with van der Waals surface area (Å²) >= 11 is 0. The van der Waals surface area contributed by atoms with Gasteiger partial charge < -0.3 is 9.47 Å². The topological polar surface area (TPSA) is 65.0 Å². The number of carbonyl (C=O) groups excluding carboxylic acids is 2. The fraction of sp³-hybridized carbons (Fsp3) is 0.333.